The van der Waals surface area contributed by atoms with Gasteiger partial charge >= 0.3 is 6.08 Å². The third kappa shape index (κ3) is 2.63. The van der Waals surface area contributed by atoms with E-state index in [-0.39, 0.29) is 11.3 Å². The average molecular weight is 354 g/mol. The van der Waals surface area contributed by atoms with Gasteiger partial charge in [-0.05, 0) is 26.2 Å². The summed E-state index contributed by atoms with van der Waals surface area (Å²) in [5.74, 6) is 0.320. The predicted octanol–water partition coefficient (Wildman–Crippen LogP) is 0.964. The summed E-state index contributed by atoms with van der Waals surface area (Å²) in [5.41, 5.74) is 0.940. The van der Waals surface area contributed by atoms with Crippen LogP contribution >= 0.6 is 0 Å². The van der Waals surface area contributed by atoms with Crippen LogP contribution in [0.2, 0.25) is 0 Å². The van der Waals surface area contributed by atoms with Crippen LogP contribution in [0.4, 0.5) is 10.2 Å². The molecule has 2 fully saturated rings. The van der Waals surface area contributed by atoms with Crippen molar-refractivity contribution in [2.24, 2.45) is 0 Å². The quantitative estimate of drug-likeness (QED) is 0.804. The smallest absolute Gasteiger partial charge is 0.312 e. The molecule has 0 spiro atoms. The number of sulfonamides is 1. The molecule has 24 heavy (non-hydrogen) atoms. The zero-order valence-electron chi connectivity index (χ0n) is 13.3. The van der Waals surface area contributed by atoms with Crippen molar-refractivity contribution < 1.29 is 12.8 Å². The van der Waals surface area contributed by atoms with Gasteiger partial charge in [0.2, 0.25) is 10.0 Å². The summed E-state index contributed by atoms with van der Waals surface area (Å²) in [7, 11) is -3.17. The zero-order chi connectivity index (χ0) is 16.9. The molecular formula is C14H19FN6O2S. The molecule has 1 atom stereocenters. The van der Waals surface area contributed by atoms with Crippen molar-refractivity contribution in [3.05, 3.63) is 12.4 Å². The largest absolute Gasteiger partial charge is 0.364 e. The maximum Gasteiger partial charge on any atom is 0.312 e. The first-order valence-corrected chi connectivity index (χ1v) is 9.63. The number of fused-ring (bicyclic) bond motifs is 1. The number of rotatable bonds is 5. The molecule has 10 heteroatoms. The Morgan fingerprint density at radius 3 is 2.83 bits per heavy atom. The molecule has 0 bridgehead atoms. The summed E-state index contributed by atoms with van der Waals surface area (Å²) in [6, 6.07) is -0.109. The molecular weight excluding hydrogens is 335 g/mol. The van der Waals surface area contributed by atoms with Crippen LogP contribution in [-0.4, -0.2) is 56.6 Å². The maximum absolute atomic E-state index is 13.7. The van der Waals surface area contributed by atoms with Crippen LogP contribution in [0.1, 0.15) is 26.2 Å². The summed E-state index contributed by atoms with van der Waals surface area (Å²) >= 11 is 0. The van der Waals surface area contributed by atoms with E-state index in [0.29, 0.717) is 43.0 Å². The molecule has 0 aromatic carbocycles. The zero-order valence-corrected chi connectivity index (χ0v) is 14.1. The van der Waals surface area contributed by atoms with Crippen LogP contribution in [0.3, 0.4) is 0 Å². The molecule has 1 N–H and O–H groups in total. The second-order valence-corrected chi connectivity index (χ2v) is 8.49. The standard InChI is InChI=1S/C14H19FN6O2S/c1-2-20-8-16-11-12(18-14(15)19-13(11)20)17-9-5-6-21(7-9)24(22,23)10-3-4-10/h8-10H,2-7H2,1H3,(H,17,18,19). The highest BCUT2D eigenvalue weighted by molar-refractivity contribution is 7.90. The first-order chi connectivity index (χ1) is 11.5. The van der Waals surface area contributed by atoms with E-state index in [2.05, 4.69) is 20.3 Å². The molecule has 130 valence electrons. The minimum Gasteiger partial charge on any atom is -0.364 e. The number of aromatic nitrogens is 4. The van der Waals surface area contributed by atoms with E-state index in [9.17, 15) is 12.8 Å². The molecule has 2 aromatic heterocycles. The molecule has 4 rings (SSSR count). The van der Waals surface area contributed by atoms with Crippen molar-refractivity contribution >= 4 is 27.0 Å². The Kier molecular flexibility index (Phi) is 3.68. The van der Waals surface area contributed by atoms with Gasteiger partial charge in [-0.15, -0.1) is 0 Å². The fourth-order valence-corrected chi connectivity index (χ4v) is 5.00. The Labute approximate surface area is 139 Å². The van der Waals surface area contributed by atoms with Crippen LogP contribution in [0.5, 0.6) is 0 Å². The summed E-state index contributed by atoms with van der Waals surface area (Å²) in [5, 5.41) is 2.94. The fraction of sp³-hybridized carbons (Fsp3) is 0.643. The average Bonchev–Trinajstić information content (AvgIpc) is 3.17. The van der Waals surface area contributed by atoms with Gasteiger partial charge in [0.25, 0.3) is 0 Å². The number of hydrogen-bond donors (Lipinski definition) is 1. The van der Waals surface area contributed by atoms with Crippen molar-refractivity contribution in [1.29, 1.82) is 0 Å². The lowest BCUT2D eigenvalue weighted by Crippen LogP contribution is -2.34. The molecule has 0 radical (unpaired) electrons. The topological polar surface area (TPSA) is 93.0 Å². The van der Waals surface area contributed by atoms with Crippen LogP contribution in [-0.2, 0) is 16.6 Å². The molecule has 2 aliphatic rings. The first-order valence-electron chi connectivity index (χ1n) is 8.13. The van der Waals surface area contributed by atoms with Gasteiger partial charge in [0.15, 0.2) is 17.0 Å². The number of imidazole rings is 1. The molecule has 8 nitrogen and oxygen atoms in total. The van der Waals surface area contributed by atoms with Crippen LogP contribution < -0.4 is 5.32 Å². The summed E-state index contributed by atoms with van der Waals surface area (Å²) in [6.07, 6.45) is 2.95. The van der Waals surface area contributed by atoms with Gasteiger partial charge in [-0.25, -0.2) is 13.4 Å². The fourth-order valence-electron chi connectivity index (χ4n) is 3.10. The van der Waals surface area contributed by atoms with Gasteiger partial charge in [-0.3, -0.25) is 0 Å². The van der Waals surface area contributed by atoms with E-state index in [4.69, 9.17) is 0 Å². The molecule has 1 saturated heterocycles. The van der Waals surface area contributed by atoms with Crippen molar-refractivity contribution in [3.8, 4) is 0 Å². The van der Waals surface area contributed by atoms with Crippen molar-refractivity contribution in [2.75, 3.05) is 18.4 Å². The van der Waals surface area contributed by atoms with Gasteiger partial charge in [0.05, 0.1) is 11.6 Å². The number of hydrogen-bond acceptors (Lipinski definition) is 6. The molecule has 2 aromatic rings. The Morgan fingerprint density at radius 1 is 1.33 bits per heavy atom. The van der Waals surface area contributed by atoms with E-state index in [1.807, 2.05) is 6.92 Å². The lowest BCUT2D eigenvalue weighted by Gasteiger charge is -2.17. The molecule has 1 saturated carbocycles. The van der Waals surface area contributed by atoms with Crippen molar-refractivity contribution in [1.82, 2.24) is 23.8 Å². The van der Waals surface area contributed by atoms with Gasteiger partial charge in [-0.1, -0.05) is 0 Å². The van der Waals surface area contributed by atoms with Gasteiger partial charge in [0, 0.05) is 25.7 Å². The van der Waals surface area contributed by atoms with Crippen molar-refractivity contribution in [3.63, 3.8) is 0 Å². The highest BCUT2D eigenvalue weighted by atomic mass is 32.2. The summed E-state index contributed by atoms with van der Waals surface area (Å²) in [4.78, 5) is 11.9. The normalized spacial score (nSPS) is 22.3. The van der Waals surface area contributed by atoms with Gasteiger partial charge < -0.3 is 9.88 Å². The molecule has 1 aliphatic carbocycles. The number of nitrogens with zero attached hydrogens (tertiary/aromatic N) is 5. The summed E-state index contributed by atoms with van der Waals surface area (Å²) in [6.45, 7) is 3.41. The lowest BCUT2D eigenvalue weighted by molar-refractivity contribution is 0.473. The minimum atomic E-state index is -3.17. The Balaban J connectivity index is 1.56. The van der Waals surface area contributed by atoms with E-state index >= 15 is 0 Å². The van der Waals surface area contributed by atoms with E-state index < -0.39 is 16.1 Å². The van der Waals surface area contributed by atoms with E-state index in [1.165, 1.54) is 4.31 Å². The van der Waals surface area contributed by atoms with Gasteiger partial charge in [-0.2, -0.15) is 18.7 Å². The highest BCUT2D eigenvalue weighted by Gasteiger charge is 2.42. The van der Waals surface area contributed by atoms with Gasteiger partial charge in [0.1, 0.15) is 0 Å². The van der Waals surface area contributed by atoms with Crippen LogP contribution in [0.25, 0.3) is 11.2 Å². The minimum absolute atomic E-state index is 0.109. The predicted molar refractivity (Wildman–Crippen MR) is 86.5 cm³/mol. The van der Waals surface area contributed by atoms with Crippen LogP contribution in [0, 0.1) is 6.08 Å². The Hall–Kier alpha value is -1.81. The number of aryl methyl sites for hydroxylation is 1. The summed E-state index contributed by atoms with van der Waals surface area (Å²) < 4.78 is 41.6. The van der Waals surface area contributed by atoms with E-state index in [1.54, 1.807) is 10.9 Å². The Morgan fingerprint density at radius 2 is 2.12 bits per heavy atom. The second kappa shape index (κ2) is 5.62. The SMILES string of the molecule is CCn1cnc2c(NC3CCN(S(=O)(=O)C4CC4)C3)nc(F)nc21. The van der Waals surface area contributed by atoms with Crippen LogP contribution in [0.15, 0.2) is 6.33 Å². The number of halogens is 1. The lowest BCUT2D eigenvalue weighted by atomic mass is 10.2. The molecule has 3 heterocycles. The van der Waals surface area contributed by atoms with Crippen molar-refractivity contribution in [2.45, 2.75) is 44.0 Å². The maximum atomic E-state index is 13.7. The van der Waals surface area contributed by atoms with E-state index in [0.717, 1.165) is 12.8 Å². The number of anilines is 1. The highest BCUT2D eigenvalue weighted by Crippen LogP contribution is 2.33. The monoisotopic (exact) mass is 354 g/mol. The molecule has 1 aliphatic heterocycles. The second-order valence-electron chi connectivity index (χ2n) is 6.28. The third-order valence-electron chi connectivity index (χ3n) is 4.57. The molecule has 1 unspecified atom stereocenters. The number of nitrogens with one attached hydrogen (secondary N) is 1. The first kappa shape index (κ1) is 15.7. The molecule has 0 amide bonds. The third-order valence-corrected chi connectivity index (χ3v) is 6.94. The Bertz CT molecular complexity index is 879.